The Labute approximate surface area is 150 Å². The highest BCUT2D eigenvalue weighted by Gasteiger charge is 2.27. The molecule has 0 radical (unpaired) electrons. The highest BCUT2D eigenvalue weighted by atomic mass is 16.5. The van der Waals surface area contributed by atoms with Crippen LogP contribution in [-0.4, -0.2) is 19.1 Å². The lowest BCUT2D eigenvalue weighted by Gasteiger charge is -2.31. The normalized spacial score (nSPS) is 21.1. The molecule has 1 aliphatic rings. The van der Waals surface area contributed by atoms with Gasteiger partial charge in [-0.2, -0.15) is 0 Å². The van der Waals surface area contributed by atoms with Crippen LogP contribution in [0.2, 0.25) is 0 Å². The van der Waals surface area contributed by atoms with Crippen molar-refractivity contribution in [3.63, 3.8) is 0 Å². The van der Waals surface area contributed by atoms with Gasteiger partial charge in [0, 0.05) is 24.8 Å². The number of nitrogens with two attached hydrogens (primary N) is 1. The van der Waals surface area contributed by atoms with E-state index in [4.69, 9.17) is 10.5 Å². The second-order valence-electron chi connectivity index (χ2n) is 6.82. The summed E-state index contributed by atoms with van der Waals surface area (Å²) in [5, 5.41) is 3.16. The molecule has 3 rings (SSSR count). The number of hydrogen-bond acceptors (Lipinski definition) is 2. The summed E-state index contributed by atoms with van der Waals surface area (Å²) >= 11 is 0. The molecule has 0 spiro atoms. The van der Waals surface area contributed by atoms with Crippen molar-refractivity contribution in [3.8, 4) is 0 Å². The molecule has 0 aromatic heterocycles. The zero-order valence-electron chi connectivity index (χ0n) is 15.0. The lowest BCUT2D eigenvalue weighted by molar-refractivity contribution is -0.0250. The van der Waals surface area contributed by atoms with Gasteiger partial charge in [0.15, 0.2) is 5.96 Å². The fraction of sp³-hybridized carbons (Fsp3) is 0.381. The molecule has 0 saturated carbocycles. The van der Waals surface area contributed by atoms with Crippen LogP contribution in [0.4, 0.5) is 5.69 Å². The van der Waals surface area contributed by atoms with Crippen molar-refractivity contribution < 1.29 is 4.74 Å². The van der Waals surface area contributed by atoms with Gasteiger partial charge in [0.25, 0.3) is 0 Å². The minimum atomic E-state index is 0.102. The Morgan fingerprint density at radius 3 is 2.40 bits per heavy atom. The average Bonchev–Trinajstić information content (AvgIpc) is 2.63. The maximum Gasteiger partial charge on any atom is 0.193 e. The molecule has 132 valence electrons. The van der Waals surface area contributed by atoms with Crippen LogP contribution in [0.25, 0.3) is 0 Å². The number of nitrogens with zero attached hydrogens (tertiary/aromatic N) is 1. The van der Waals surface area contributed by atoms with E-state index in [1.165, 1.54) is 16.7 Å². The van der Waals surface area contributed by atoms with Crippen LogP contribution in [-0.2, 0) is 4.74 Å². The first-order valence-electron chi connectivity index (χ1n) is 8.93. The molecular formula is C21H27N3O. The van der Waals surface area contributed by atoms with Gasteiger partial charge in [0.1, 0.15) is 0 Å². The summed E-state index contributed by atoms with van der Waals surface area (Å²) in [4.78, 5) is 4.56. The Hall–Kier alpha value is -2.33. The van der Waals surface area contributed by atoms with E-state index in [1.54, 1.807) is 0 Å². The molecule has 0 bridgehead atoms. The van der Waals surface area contributed by atoms with Gasteiger partial charge >= 0.3 is 0 Å². The number of hydrogen-bond donors (Lipinski definition) is 2. The molecule has 2 unspecified atom stereocenters. The number of ether oxygens (including phenoxy) is 1. The summed E-state index contributed by atoms with van der Waals surface area (Å²) in [6.45, 7) is 5.65. The number of benzene rings is 2. The molecular weight excluding hydrogens is 310 g/mol. The Bertz CT molecular complexity index is 707. The summed E-state index contributed by atoms with van der Waals surface area (Å²) in [7, 11) is 0. The van der Waals surface area contributed by atoms with Crippen molar-refractivity contribution in [2.24, 2.45) is 16.6 Å². The van der Waals surface area contributed by atoms with Crippen LogP contribution >= 0.6 is 0 Å². The van der Waals surface area contributed by atoms with Crippen molar-refractivity contribution in [1.82, 2.24) is 0 Å². The molecule has 3 N–H and O–H groups in total. The van der Waals surface area contributed by atoms with Crippen molar-refractivity contribution in [2.45, 2.75) is 32.8 Å². The first-order chi connectivity index (χ1) is 12.1. The predicted octanol–water partition coefficient (Wildman–Crippen LogP) is 4.20. The molecule has 1 heterocycles. The SMILES string of the molecule is Cc1ccc(NC(N)=NCC2CCCOC2c2ccc(C)cc2)cc1. The molecule has 2 atom stereocenters. The quantitative estimate of drug-likeness (QED) is 0.649. The van der Waals surface area contributed by atoms with Crippen LogP contribution in [0.1, 0.15) is 35.6 Å². The minimum absolute atomic E-state index is 0.102. The van der Waals surface area contributed by atoms with Gasteiger partial charge < -0.3 is 15.8 Å². The van der Waals surface area contributed by atoms with Gasteiger partial charge in [-0.1, -0.05) is 47.5 Å². The molecule has 1 aliphatic heterocycles. The predicted molar refractivity (Wildman–Crippen MR) is 104 cm³/mol. The number of nitrogens with one attached hydrogen (secondary N) is 1. The topological polar surface area (TPSA) is 59.6 Å². The van der Waals surface area contributed by atoms with E-state index in [-0.39, 0.29) is 6.10 Å². The smallest absolute Gasteiger partial charge is 0.193 e. The Morgan fingerprint density at radius 2 is 1.72 bits per heavy atom. The number of aliphatic imine (C=N–C) groups is 1. The van der Waals surface area contributed by atoms with Crippen molar-refractivity contribution in [2.75, 3.05) is 18.5 Å². The molecule has 2 aromatic rings. The molecule has 4 heteroatoms. The Kier molecular flexibility index (Phi) is 5.71. The largest absolute Gasteiger partial charge is 0.373 e. The third-order valence-corrected chi connectivity index (χ3v) is 4.67. The zero-order valence-corrected chi connectivity index (χ0v) is 15.0. The van der Waals surface area contributed by atoms with Crippen LogP contribution in [0.15, 0.2) is 53.5 Å². The van der Waals surface area contributed by atoms with Crippen molar-refractivity contribution >= 4 is 11.6 Å². The fourth-order valence-corrected chi connectivity index (χ4v) is 3.19. The maximum absolute atomic E-state index is 6.06. The van der Waals surface area contributed by atoms with E-state index in [2.05, 4.69) is 60.6 Å². The second kappa shape index (κ2) is 8.17. The molecule has 2 aromatic carbocycles. The lowest BCUT2D eigenvalue weighted by Crippen LogP contribution is -2.28. The number of anilines is 1. The first kappa shape index (κ1) is 17.5. The van der Waals surface area contributed by atoms with Crippen LogP contribution in [0, 0.1) is 19.8 Å². The first-order valence-corrected chi connectivity index (χ1v) is 8.93. The van der Waals surface area contributed by atoms with E-state index < -0.39 is 0 Å². The van der Waals surface area contributed by atoms with Crippen LogP contribution in [0.3, 0.4) is 0 Å². The standard InChI is InChI=1S/C21H27N3O/c1-15-5-9-17(10-6-15)20-18(4-3-13-25-20)14-23-21(22)24-19-11-7-16(2)8-12-19/h5-12,18,20H,3-4,13-14H2,1-2H3,(H3,22,23,24). The fourth-order valence-electron chi connectivity index (χ4n) is 3.19. The van der Waals surface area contributed by atoms with E-state index in [1.807, 2.05) is 12.1 Å². The molecule has 0 amide bonds. The van der Waals surface area contributed by atoms with Gasteiger partial charge in [-0.05, 0) is 44.4 Å². The molecule has 0 aliphatic carbocycles. The van der Waals surface area contributed by atoms with Gasteiger partial charge in [0.2, 0.25) is 0 Å². The summed E-state index contributed by atoms with van der Waals surface area (Å²) in [5.74, 6) is 0.812. The van der Waals surface area contributed by atoms with E-state index in [0.717, 1.165) is 25.1 Å². The van der Waals surface area contributed by atoms with E-state index in [9.17, 15) is 0 Å². The van der Waals surface area contributed by atoms with Crippen molar-refractivity contribution in [1.29, 1.82) is 0 Å². The summed E-state index contributed by atoms with van der Waals surface area (Å²) in [6, 6.07) is 16.7. The number of aryl methyl sites for hydroxylation is 2. The number of guanidine groups is 1. The molecule has 1 fully saturated rings. The third kappa shape index (κ3) is 4.83. The highest BCUT2D eigenvalue weighted by molar-refractivity contribution is 5.92. The zero-order chi connectivity index (χ0) is 17.6. The highest BCUT2D eigenvalue weighted by Crippen LogP contribution is 2.33. The van der Waals surface area contributed by atoms with E-state index in [0.29, 0.717) is 18.4 Å². The second-order valence-corrected chi connectivity index (χ2v) is 6.82. The summed E-state index contributed by atoms with van der Waals surface area (Å²) in [5.41, 5.74) is 10.7. The van der Waals surface area contributed by atoms with Gasteiger partial charge in [-0.15, -0.1) is 0 Å². The average molecular weight is 337 g/mol. The van der Waals surface area contributed by atoms with Gasteiger partial charge in [-0.3, -0.25) is 4.99 Å². The summed E-state index contributed by atoms with van der Waals surface area (Å²) in [6.07, 6.45) is 2.29. The third-order valence-electron chi connectivity index (χ3n) is 4.67. The van der Waals surface area contributed by atoms with Gasteiger partial charge in [0.05, 0.1) is 6.10 Å². The van der Waals surface area contributed by atoms with E-state index >= 15 is 0 Å². The molecule has 25 heavy (non-hydrogen) atoms. The monoisotopic (exact) mass is 337 g/mol. The summed E-state index contributed by atoms with van der Waals surface area (Å²) < 4.78 is 6.05. The Morgan fingerprint density at radius 1 is 1.08 bits per heavy atom. The lowest BCUT2D eigenvalue weighted by atomic mass is 9.89. The van der Waals surface area contributed by atoms with Gasteiger partial charge in [-0.25, -0.2) is 0 Å². The molecule has 4 nitrogen and oxygen atoms in total. The maximum atomic E-state index is 6.06. The molecule has 1 saturated heterocycles. The minimum Gasteiger partial charge on any atom is -0.373 e. The van der Waals surface area contributed by atoms with Crippen LogP contribution in [0.5, 0.6) is 0 Å². The van der Waals surface area contributed by atoms with Crippen LogP contribution < -0.4 is 11.1 Å². The van der Waals surface area contributed by atoms with Crippen molar-refractivity contribution in [3.05, 3.63) is 65.2 Å². The Balaban J connectivity index is 1.64. The number of rotatable bonds is 4.